The zero-order chi connectivity index (χ0) is 21.3. The first-order chi connectivity index (χ1) is 14.5. The minimum Gasteiger partial charge on any atom is -0.393 e. The van der Waals surface area contributed by atoms with Gasteiger partial charge in [0.2, 0.25) is 0 Å². The van der Waals surface area contributed by atoms with Gasteiger partial charge in [-0.05, 0) is 57.2 Å². The highest BCUT2D eigenvalue weighted by molar-refractivity contribution is 5.73. The predicted octanol–water partition coefficient (Wildman–Crippen LogP) is 5.37. The van der Waals surface area contributed by atoms with Crippen LogP contribution in [0.4, 0.5) is 0 Å². The van der Waals surface area contributed by atoms with Crippen LogP contribution in [0.3, 0.4) is 0 Å². The normalized spacial score (nSPS) is 28.8. The third kappa shape index (κ3) is 3.43. The molecule has 1 fully saturated rings. The van der Waals surface area contributed by atoms with E-state index in [2.05, 4.69) is 49.8 Å². The molecule has 1 aromatic heterocycles. The molecule has 1 N–H and O–H groups in total. The van der Waals surface area contributed by atoms with Gasteiger partial charge in [-0.1, -0.05) is 50.3 Å². The molecule has 4 nitrogen and oxygen atoms in total. The summed E-state index contributed by atoms with van der Waals surface area (Å²) < 4.78 is 0. The molecule has 0 radical (unpaired) electrons. The van der Waals surface area contributed by atoms with E-state index in [1.807, 2.05) is 25.1 Å². The molecule has 4 atom stereocenters. The van der Waals surface area contributed by atoms with Gasteiger partial charge in [-0.3, -0.25) is 4.99 Å². The Morgan fingerprint density at radius 3 is 2.70 bits per heavy atom. The van der Waals surface area contributed by atoms with Crippen LogP contribution < -0.4 is 0 Å². The molecule has 4 rings (SSSR count). The Labute approximate surface area is 179 Å². The quantitative estimate of drug-likeness (QED) is 0.553. The molecule has 4 heteroatoms. The number of hydrogen-bond donors (Lipinski definition) is 1. The molecule has 1 saturated carbocycles. The van der Waals surface area contributed by atoms with Crippen LogP contribution in [0.15, 0.2) is 53.7 Å². The second-order valence-corrected chi connectivity index (χ2v) is 8.86. The van der Waals surface area contributed by atoms with E-state index in [1.54, 1.807) is 6.20 Å². The number of aromatic nitrogens is 2. The standard InChI is InChI=1S/C26H31N3O/c1-5-18(14-16-27-4)25-28-23(19-9-7-6-8-10-19)20-11-12-21-17(2)22(30)13-15-26(21,3)24(20)29-25/h5-10,14,16-17,21-22,30H,4,11-13,15H2,1-3H3/b16-14-,18-5+/t17-,21-,22?,26-/m1/s1. The largest absolute Gasteiger partial charge is 0.393 e. The maximum atomic E-state index is 10.5. The van der Waals surface area contributed by atoms with E-state index in [0.29, 0.717) is 5.92 Å². The molecule has 0 amide bonds. The molecule has 1 aromatic carbocycles. The smallest absolute Gasteiger partial charge is 0.159 e. The number of allylic oxidation sites excluding steroid dienone is 3. The summed E-state index contributed by atoms with van der Waals surface area (Å²) in [5.74, 6) is 1.44. The van der Waals surface area contributed by atoms with Gasteiger partial charge in [-0.25, -0.2) is 9.97 Å². The van der Waals surface area contributed by atoms with Crippen molar-refractivity contribution in [2.24, 2.45) is 16.8 Å². The molecule has 1 heterocycles. The monoisotopic (exact) mass is 401 g/mol. The van der Waals surface area contributed by atoms with Crippen LogP contribution in [0.2, 0.25) is 0 Å². The summed E-state index contributed by atoms with van der Waals surface area (Å²) in [6.45, 7) is 10.1. The Morgan fingerprint density at radius 2 is 2.00 bits per heavy atom. The first-order valence-electron chi connectivity index (χ1n) is 10.9. The lowest BCUT2D eigenvalue weighted by atomic mass is 9.55. The van der Waals surface area contributed by atoms with Crippen molar-refractivity contribution in [1.82, 2.24) is 9.97 Å². The van der Waals surface area contributed by atoms with Gasteiger partial charge in [-0.2, -0.15) is 0 Å². The van der Waals surface area contributed by atoms with Gasteiger partial charge >= 0.3 is 0 Å². The van der Waals surface area contributed by atoms with Crippen LogP contribution in [-0.4, -0.2) is 27.9 Å². The first-order valence-corrected chi connectivity index (χ1v) is 10.9. The molecule has 0 aliphatic heterocycles. The summed E-state index contributed by atoms with van der Waals surface area (Å²) in [6.07, 6.45) is 9.21. The zero-order valence-electron chi connectivity index (χ0n) is 18.2. The number of rotatable bonds is 4. The molecular formula is C26H31N3O. The lowest BCUT2D eigenvalue weighted by Crippen LogP contribution is -2.49. The highest BCUT2D eigenvalue weighted by atomic mass is 16.3. The van der Waals surface area contributed by atoms with Crippen molar-refractivity contribution in [1.29, 1.82) is 0 Å². The fourth-order valence-electron chi connectivity index (χ4n) is 5.51. The Bertz CT molecular complexity index is 995. The molecule has 156 valence electrons. The van der Waals surface area contributed by atoms with Crippen molar-refractivity contribution >= 4 is 12.3 Å². The Balaban J connectivity index is 1.94. The van der Waals surface area contributed by atoms with Gasteiger partial charge in [0.25, 0.3) is 0 Å². The van der Waals surface area contributed by atoms with E-state index in [4.69, 9.17) is 9.97 Å². The van der Waals surface area contributed by atoms with Crippen LogP contribution in [0.25, 0.3) is 16.8 Å². The highest BCUT2D eigenvalue weighted by Gasteiger charge is 2.49. The second-order valence-electron chi connectivity index (χ2n) is 8.86. The molecule has 0 bridgehead atoms. The molecule has 0 saturated heterocycles. The highest BCUT2D eigenvalue weighted by Crippen LogP contribution is 2.52. The third-order valence-electron chi connectivity index (χ3n) is 7.25. The Hall–Kier alpha value is -2.59. The molecular weight excluding hydrogens is 370 g/mol. The van der Waals surface area contributed by atoms with Gasteiger partial charge in [0.15, 0.2) is 5.82 Å². The number of nitrogens with zero attached hydrogens (tertiary/aromatic N) is 3. The summed E-state index contributed by atoms with van der Waals surface area (Å²) in [7, 11) is 0. The van der Waals surface area contributed by atoms with Gasteiger partial charge < -0.3 is 5.11 Å². The maximum Gasteiger partial charge on any atom is 0.159 e. The summed E-state index contributed by atoms with van der Waals surface area (Å²) >= 11 is 0. The summed E-state index contributed by atoms with van der Waals surface area (Å²) in [6, 6.07) is 10.4. The number of hydrogen-bond acceptors (Lipinski definition) is 4. The van der Waals surface area contributed by atoms with Crippen LogP contribution in [0, 0.1) is 11.8 Å². The van der Waals surface area contributed by atoms with Crippen LogP contribution in [-0.2, 0) is 11.8 Å². The second kappa shape index (κ2) is 8.27. The van der Waals surface area contributed by atoms with Gasteiger partial charge in [-0.15, -0.1) is 0 Å². The van der Waals surface area contributed by atoms with Crippen molar-refractivity contribution in [2.75, 3.05) is 0 Å². The summed E-state index contributed by atoms with van der Waals surface area (Å²) in [4.78, 5) is 14.1. The van der Waals surface area contributed by atoms with Crippen molar-refractivity contribution in [3.63, 3.8) is 0 Å². The molecule has 2 aliphatic rings. The number of aliphatic hydroxyl groups excluding tert-OH is 1. The Morgan fingerprint density at radius 1 is 1.23 bits per heavy atom. The number of aliphatic hydroxyl groups is 1. The Kier molecular flexibility index (Phi) is 5.70. The average molecular weight is 402 g/mol. The lowest BCUT2D eigenvalue weighted by molar-refractivity contribution is -0.00877. The van der Waals surface area contributed by atoms with Gasteiger partial charge in [0.05, 0.1) is 17.5 Å². The van der Waals surface area contributed by atoms with Crippen LogP contribution in [0.1, 0.15) is 57.1 Å². The molecule has 0 spiro atoms. The summed E-state index contributed by atoms with van der Waals surface area (Å²) in [5, 5.41) is 10.5. The van der Waals surface area contributed by atoms with Crippen LogP contribution >= 0.6 is 0 Å². The van der Waals surface area contributed by atoms with E-state index in [1.165, 1.54) is 11.3 Å². The number of aliphatic imine (C=N–C) groups is 1. The number of benzene rings is 1. The van der Waals surface area contributed by atoms with Gasteiger partial charge in [0.1, 0.15) is 0 Å². The number of fused-ring (bicyclic) bond motifs is 3. The zero-order valence-corrected chi connectivity index (χ0v) is 18.2. The van der Waals surface area contributed by atoms with Crippen molar-refractivity contribution in [3.05, 3.63) is 65.8 Å². The fourth-order valence-corrected chi connectivity index (χ4v) is 5.51. The molecule has 30 heavy (non-hydrogen) atoms. The van der Waals surface area contributed by atoms with E-state index < -0.39 is 0 Å². The fraction of sp³-hybridized carbons (Fsp3) is 0.423. The average Bonchev–Trinajstić information content (AvgIpc) is 2.77. The topological polar surface area (TPSA) is 58.4 Å². The van der Waals surface area contributed by atoms with E-state index in [9.17, 15) is 5.11 Å². The van der Waals surface area contributed by atoms with E-state index in [-0.39, 0.29) is 17.4 Å². The summed E-state index contributed by atoms with van der Waals surface area (Å²) in [5.41, 5.74) is 5.50. The third-order valence-corrected chi connectivity index (χ3v) is 7.25. The molecule has 1 unspecified atom stereocenters. The van der Waals surface area contributed by atoms with E-state index in [0.717, 1.165) is 48.3 Å². The van der Waals surface area contributed by atoms with E-state index >= 15 is 0 Å². The van der Waals surface area contributed by atoms with Crippen LogP contribution in [0.5, 0.6) is 0 Å². The first kappa shape index (κ1) is 20.7. The SMILES string of the molecule is C=N/C=C\C(=C/C)c1nc(-c2ccccc2)c2c(n1)[C@]1(C)CCC(O)[C@H](C)[C@H]1CC2. The van der Waals surface area contributed by atoms with Crippen molar-refractivity contribution in [2.45, 2.75) is 58.0 Å². The van der Waals surface area contributed by atoms with Crippen molar-refractivity contribution < 1.29 is 5.11 Å². The van der Waals surface area contributed by atoms with Crippen molar-refractivity contribution in [3.8, 4) is 11.3 Å². The minimum atomic E-state index is -0.216. The molecule has 2 aromatic rings. The van der Waals surface area contributed by atoms with Gasteiger partial charge in [0, 0.05) is 28.3 Å². The molecule has 2 aliphatic carbocycles. The maximum absolute atomic E-state index is 10.5. The lowest BCUT2D eigenvalue weighted by Gasteiger charge is -2.50. The minimum absolute atomic E-state index is 0.0489. The predicted molar refractivity (Wildman–Crippen MR) is 123 cm³/mol.